The van der Waals surface area contributed by atoms with Gasteiger partial charge in [0.2, 0.25) is 0 Å². The van der Waals surface area contributed by atoms with Crippen LogP contribution in [0.25, 0.3) is 0 Å². The van der Waals surface area contributed by atoms with Gasteiger partial charge in [0.05, 0.1) is 0 Å². The standard InChI is InChI=1S/C18H24O.C6H14N2/c1-14-8-15-10-17(2,13-19)12-18(9-14,11-15)16-6-4-3-5-7-16;1-8-5-2-3-7-4-6-8/h3-7,13-15H,8-12H2,1-2H3;7H,2-6H2,1H3. The van der Waals surface area contributed by atoms with E-state index >= 15 is 0 Å². The molecule has 150 valence electrons. The van der Waals surface area contributed by atoms with E-state index < -0.39 is 0 Å². The van der Waals surface area contributed by atoms with Crippen molar-refractivity contribution in [3.05, 3.63) is 35.9 Å². The van der Waals surface area contributed by atoms with E-state index in [1.165, 1.54) is 57.2 Å². The van der Waals surface area contributed by atoms with E-state index in [4.69, 9.17) is 0 Å². The number of carbonyl (C=O) groups excluding carboxylic acids is 1. The molecule has 1 aromatic rings. The van der Waals surface area contributed by atoms with Crippen molar-refractivity contribution in [3.8, 4) is 0 Å². The van der Waals surface area contributed by atoms with Crippen molar-refractivity contribution < 1.29 is 4.79 Å². The van der Waals surface area contributed by atoms with E-state index in [0.717, 1.165) is 31.2 Å². The quantitative estimate of drug-likeness (QED) is 0.789. The van der Waals surface area contributed by atoms with Crippen molar-refractivity contribution >= 4 is 6.29 Å². The highest BCUT2D eigenvalue weighted by atomic mass is 16.1. The van der Waals surface area contributed by atoms with Crippen LogP contribution in [0.4, 0.5) is 0 Å². The molecule has 1 heterocycles. The maximum Gasteiger partial charge on any atom is 0.125 e. The number of likely N-dealkylation sites (N-methyl/N-ethyl adjacent to an activating group) is 1. The Kier molecular flexibility index (Phi) is 6.75. The van der Waals surface area contributed by atoms with Crippen LogP contribution in [0.3, 0.4) is 0 Å². The monoisotopic (exact) mass is 370 g/mol. The van der Waals surface area contributed by atoms with Gasteiger partial charge < -0.3 is 15.0 Å². The number of rotatable bonds is 2. The minimum absolute atomic E-state index is 0.112. The van der Waals surface area contributed by atoms with Gasteiger partial charge in [0.15, 0.2) is 0 Å². The Hall–Kier alpha value is -1.19. The highest BCUT2D eigenvalue weighted by Gasteiger charge is 2.50. The number of aldehydes is 1. The lowest BCUT2D eigenvalue weighted by atomic mass is 9.51. The van der Waals surface area contributed by atoms with Crippen LogP contribution >= 0.6 is 0 Å². The highest BCUT2D eigenvalue weighted by Crippen LogP contribution is 2.57. The summed E-state index contributed by atoms with van der Waals surface area (Å²) >= 11 is 0. The van der Waals surface area contributed by atoms with Crippen LogP contribution in [-0.4, -0.2) is 44.4 Å². The summed E-state index contributed by atoms with van der Waals surface area (Å²) in [6.07, 6.45) is 8.49. The molecule has 1 aliphatic heterocycles. The number of hydrogen-bond donors (Lipinski definition) is 1. The van der Waals surface area contributed by atoms with E-state index in [1.807, 2.05) is 0 Å². The summed E-state index contributed by atoms with van der Waals surface area (Å²) in [5.74, 6) is 1.52. The maximum absolute atomic E-state index is 11.6. The molecule has 0 aromatic heterocycles. The summed E-state index contributed by atoms with van der Waals surface area (Å²) in [5.41, 5.74) is 1.59. The summed E-state index contributed by atoms with van der Waals surface area (Å²) in [7, 11) is 2.17. The van der Waals surface area contributed by atoms with Gasteiger partial charge in [-0.3, -0.25) is 0 Å². The third-order valence-corrected chi connectivity index (χ3v) is 6.89. The van der Waals surface area contributed by atoms with Crippen molar-refractivity contribution in [1.82, 2.24) is 10.2 Å². The highest BCUT2D eigenvalue weighted by molar-refractivity contribution is 5.60. The Morgan fingerprint density at radius 1 is 1.11 bits per heavy atom. The zero-order valence-corrected chi connectivity index (χ0v) is 17.5. The van der Waals surface area contributed by atoms with Crippen molar-refractivity contribution in [2.24, 2.45) is 17.3 Å². The first kappa shape index (κ1) is 20.5. The molecule has 2 bridgehead atoms. The first-order chi connectivity index (χ1) is 12.9. The lowest BCUT2D eigenvalue weighted by Crippen LogP contribution is -2.47. The van der Waals surface area contributed by atoms with Gasteiger partial charge in [-0.1, -0.05) is 44.2 Å². The van der Waals surface area contributed by atoms with Crippen molar-refractivity contribution in [3.63, 3.8) is 0 Å². The molecule has 3 nitrogen and oxygen atoms in total. The van der Waals surface area contributed by atoms with Crippen molar-refractivity contribution in [2.45, 2.75) is 57.8 Å². The first-order valence-electron chi connectivity index (χ1n) is 10.9. The van der Waals surface area contributed by atoms with E-state index in [9.17, 15) is 4.79 Å². The van der Waals surface area contributed by atoms with E-state index in [0.29, 0.717) is 0 Å². The summed E-state index contributed by atoms with van der Waals surface area (Å²) < 4.78 is 0. The van der Waals surface area contributed by atoms with Crippen LogP contribution in [0.15, 0.2) is 30.3 Å². The van der Waals surface area contributed by atoms with Gasteiger partial charge in [-0.15, -0.1) is 0 Å². The average Bonchev–Trinajstić information content (AvgIpc) is 2.89. The number of carbonyl (C=O) groups is 1. The van der Waals surface area contributed by atoms with Crippen LogP contribution in [0.2, 0.25) is 0 Å². The van der Waals surface area contributed by atoms with Crippen LogP contribution in [0, 0.1) is 17.3 Å². The number of benzene rings is 1. The van der Waals surface area contributed by atoms with Crippen LogP contribution in [0.1, 0.15) is 57.9 Å². The van der Waals surface area contributed by atoms with Gasteiger partial charge in [0.25, 0.3) is 0 Å². The number of nitrogens with zero attached hydrogens (tertiary/aromatic N) is 1. The molecule has 0 spiro atoms. The number of hydrogen-bond acceptors (Lipinski definition) is 3. The predicted octanol–water partition coefficient (Wildman–Crippen LogP) is 4.27. The molecule has 2 aliphatic carbocycles. The number of fused-ring (bicyclic) bond motifs is 2. The van der Waals surface area contributed by atoms with Crippen LogP contribution in [-0.2, 0) is 10.2 Å². The topological polar surface area (TPSA) is 32.3 Å². The molecule has 3 fully saturated rings. The molecule has 27 heavy (non-hydrogen) atoms. The molecule has 3 aliphatic rings. The fourth-order valence-electron chi connectivity index (χ4n) is 6.04. The Balaban J connectivity index is 0.000000221. The van der Waals surface area contributed by atoms with Crippen LogP contribution < -0.4 is 5.32 Å². The Labute approximate surface area is 165 Å². The minimum Gasteiger partial charge on any atom is -0.315 e. The lowest BCUT2D eigenvalue weighted by molar-refractivity contribution is -0.121. The SMILES string of the molecule is CC1CC2CC(C)(C=O)CC(c3ccccc3)(C1)C2.CN1CCCNCC1. The van der Waals surface area contributed by atoms with Gasteiger partial charge in [0.1, 0.15) is 6.29 Å². The normalized spacial score (nSPS) is 36.9. The zero-order chi connectivity index (χ0) is 19.3. The van der Waals surface area contributed by atoms with E-state index in [-0.39, 0.29) is 10.8 Å². The average molecular weight is 371 g/mol. The van der Waals surface area contributed by atoms with Crippen LogP contribution in [0.5, 0.6) is 0 Å². The first-order valence-corrected chi connectivity index (χ1v) is 10.9. The molecule has 1 N–H and O–H groups in total. The fraction of sp³-hybridized carbons (Fsp3) is 0.708. The van der Waals surface area contributed by atoms with Gasteiger partial charge in [0, 0.05) is 18.5 Å². The molecule has 0 radical (unpaired) electrons. The molecule has 2 saturated carbocycles. The Morgan fingerprint density at radius 3 is 2.63 bits per heavy atom. The number of nitrogens with one attached hydrogen (secondary N) is 1. The molecular weight excluding hydrogens is 332 g/mol. The largest absolute Gasteiger partial charge is 0.315 e. The zero-order valence-electron chi connectivity index (χ0n) is 17.5. The van der Waals surface area contributed by atoms with Gasteiger partial charge in [-0.05, 0) is 81.5 Å². The molecule has 1 saturated heterocycles. The van der Waals surface area contributed by atoms with E-state index in [1.54, 1.807) is 0 Å². The van der Waals surface area contributed by atoms with Gasteiger partial charge >= 0.3 is 0 Å². The fourth-order valence-corrected chi connectivity index (χ4v) is 6.04. The van der Waals surface area contributed by atoms with Crippen molar-refractivity contribution in [1.29, 1.82) is 0 Å². The smallest absolute Gasteiger partial charge is 0.125 e. The second kappa shape index (κ2) is 8.87. The molecule has 0 amide bonds. The second-order valence-corrected chi connectivity index (χ2v) is 9.82. The molecule has 4 atom stereocenters. The summed E-state index contributed by atoms with van der Waals surface area (Å²) in [6, 6.07) is 10.9. The minimum atomic E-state index is -0.112. The summed E-state index contributed by atoms with van der Waals surface area (Å²) in [4.78, 5) is 13.9. The molecular formula is C24H38N2O. The molecule has 1 aromatic carbocycles. The third kappa shape index (κ3) is 5.20. The third-order valence-electron chi connectivity index (χ3n) is 6.89. The maximum atomic E-state index is 11.6. The predicted molar refractivity (Wildman–Crippen MR) is 113 cm³/mol. The molecule has 4 rings (SSSR count). The Bertz CT molecular complexity index is 592. The lowest BCUT2D eigenvalue weighted by Gasteiger charge is -2.53. The van der Waals surface area contributed by atoms with Crippen molar-refractivity contribution in [2.75, 3.05) is 33.2 Å². The summed E-state index contributed by atoms with van der Waals surface area (Å²) in [6.45, 7) is 9.38. The molecule has 4 unspecified atom stereocenters. The molecule has 3 heteroatoms. The second-order valence-electron chi connectivity index (χ2n) is 9.82. The van der Waals surface area contributed by atoms with Gasteiger partial charge in [-0.25, -0.2) is 0 Å². The van der Waals surface area contributed by atoms with Gasteiger partial charge in [-0.2, -0.15) is 0 Å². The summed E-state index contributed by atoms with van der Waals surface area (Å²) in [5, 5.41) is 3.34. The Morgan fingerprint density at radius 2 is 1.89 bits per heavy atom. The van der Waals surface area contributed by atoms with E-state index in [2.05, 4.69) is 61.4 Å².